The fourth-order valence-corrected chi connectivity index (χ4v) is 3.48. The molecule has 3 rings (SSSR count). The van der Waals surface area contributed by atoms with E-state index in [2.05, 4.69) is 53.0 Å². The van der Waals surface area contributed by atoms with E-state index in [1.54, 1.807) is 6.20 Å². The van der Waals surface area contributed by atoms with Crippen LogP contribution in [0.15, 0.2) is 42.6 Å². The van der Waals surface area contributed by atoms with Crippen LogP contribution >= 0.6 is 0 Å². The van der Waals surface area contributed by atoms with Gasteiger partial charge in [-0.15, -0.1) is 0 Å². The summed E-state index contributed by atoms with van der Waals surface area (Å²) in [6.07, 6.45) is 4.14. The quantitative estimate of drug-likeness (QED) is 0.822. The third-order valence-corrected chi connectivity index (χ3v) is 5.37. The summed E-state index contributed by atoms with van der Waals surface area (Å²) in [7, 11) is 0. The van der Waals surface area contributed by atoms with E-state index in [-0.39, 0.29) is 5.91 Å². The maximum Gasteiger partial charge on any atom is 0.257 e. The number of nitrogens with zero attached hydrogens (tertiary/aromatic N) is 3. The highest BCUT2D eigenvalue weighted by molar-refractivity contribution is 6.04. The largest absolute Gasteiger partial charge is 0.372 e. The minimum absolute atomic E-state index is 0.131. The topological polar surface area (TPSA) is 48.5 Å². The normalized spacial score (nSPS) is 14.9. The van der Waals surface area contributed by atoms with Gasteiger partial charge >= 0.3 is 0 Å². The molecule has 1 N–H and O–H groups in total. The number of amides is 1. The van der Waals surface area contributed by atoms with Crippen molar-refractivity contribution in [1.82, 2.24) is 4.98 Å². The second-order valence-electron chi connectivity index (χ2n) is 7.25. The van der Waals surface area contributed by atoms with Crippen LogP contribution < -0.4 is 15.1 Å². The molecule has 1 amide bonds. The number of aromatic nitrogens is 1. The highest BCUT2D eigenvalue weighted by Crippen LogP contribution is 2.24. The van der Waals surface area contributed by atoms with Crippen LogP contribution in [0.1, 0.15) is 44.0 Å². The molecule has 27 heavy (non-hydrogen) atoms. The van der Waals surface area contributed by atoms with Crippen LogP contribution in [0.5, 0.6) is 0 Å². The molecule has 2 aromatic rings. The predicted molar refractivity (Wildman–Crippen MR) is 113 cm³/mol. The van der Waals surface area contributed by atoms with E-state index in [1.807, 2.05) is 24.3 Å². The van der Waals surface area contributed by atoms with Crippen molar-refractivity contribution in [3.8, 4) is 0 Å². The number of carbonyl (C=O) groups is 1. The van der Waals surface area contributed by atoms with Gasteiger partial charge in [0.25, 0.3) is 5.91 Å². The zero-order chi connectivity index (χ0) is 19.2. The molecule has 0 atom stereocenters. The minimum Gasteiger partial charge on any atom is -0.372 e. The van der Waals surface area contributed by atoms with E-state index in [0.29, 0.717) is 5.56 Å². The average molecular weight is 367 g/mol. The number of hydrogen-bond donors (Lipinski definition) is 1. The van der Waals surface area contributed by atoms with Gasteiger partial charge in [-0.3, -0.25) is 4.79 Å². The van der Waals surface area contributed by atoms with Crippen LogP contribution in [0, 0.1) is 5.92 Å². The van der Waals surface area contributed by atoms with Crippen molar-refractivity contribution in [3.05, 3.63) is 48.2 Å². The van der Waals surface area contributed by atoms with Crippen molar-refractivity contribution in [2.45, 2.75) is 33.6 Å². The van der Waals surface area contributed by atoms with Crippen LogP contribution in [0.4, 0.5) is 17.2 Å². The van der Waals surface area contributed by atoms with E-state index >= 15 is 0 Å². The smallest absolute Gasteiger partial charge is 0.257 e. The Morgan fingerprint density at radius 2 is 1.78 bits per heavy atom. The van der Waals surface area contributed by atoms with Crippen molar-refractivity contribution in [2.75, 3.05) is 41.3 Å². The van der Waals surface area contributed by atoms with E-state index in [4.69, 9.17) is 0 Å². The van der Waals surface area contributed by atoms with Gasteiger partial charge in [0, 0.05) is 43.8 Å². The summed E-state index contributed by atoms with van der Waals surface area (Å²) < 4.78 is 0. The summed E-state index contributed by atoms with van der Waals surface area (Å²) in [4.78, 5) is 21.5. The molecule has 0 saturated carbocycles. The van der Waals surface area contributed by atoms with Gasteiger partial charge in [0.1, 0.15) is 5.82 Å². The first kappa shape index (κ1) is 19.2. The lowest BCUT2D eigenvalue weighted by Gasteiger charge is -2.32. The van der Waals surface area contributed by atoms with Crippen LogP contribution in [-0.4, -0.2) is 37.1 Å². The van der Waals surface area contributed by atoms with Gasteiger partial charge in [-0.05, 0) is 69.0 Å². The Morgan fingerprint density at radius 3 is 2.33 bits per heavy atom. The van der Waals surface area contributed by atoms with Gasteiger partial charge in [-0.1, -0.05) is 6.92 Å². The summed E-state index contributed by atoms with van der Waals surface area (Å²) in [5, 5.41) is 2.96. The van der Waals surface area contributed by atoms with Crippen molar-refractivity contribution >= 4 is 23.1 Å². The van der Waals surface area contributed by atoms with Crippen molar-refractivity contribution < 1.29 is 4.79 Å². The lowest BCUT2D eigenvalue weighted by molar-refractivity contribution is 0.102. The summed E-state index contributed by atoms with van der Waals surface area (Å²) in [5.74, 6) is 1.59. The van der Waals surface area contributed by atoms with E-state index in [1.165, 1.54) is 18.5 Å². The summed E-state index contributed by atoms with van der Waals surface area (Å²) >= 11 is 0. The second-order valence-corrected chi connectivity index (χ2v) is 7.25. The predicted octanol–water partition coefficient (Wildman–Crippen LogP) is 4.42. The van der Waals surface area contributed by atoms with Gasteiger partial charge < -0.3 is 15.1 Å². The third-order valence-electron chi connectivity index (χ3n) is 5.37. The number of piperidine rings is 1. The fourth-order valence-electron chi connectivity index (χ4n) is 3.48. The van der Waals surface area contributed by atoms with Crippen LogP contribution in [0.2, 0.25) is 0 Å². The fraction of sp³-hybridized carbons (Fsp3) is 0.455. The number of nitrogens with one attached hydrogen (secondary N) is 1. The number of pyridine rings is 1. The lowest BCUT2D eigenvalue weighted by Crippen LogP contribution is -2.32. The summed E-state index contributed by atoms with van der Waals surface area (Å²) in [6.45, 7) is 10.5. The molecule has 0 bridgehead atoms. The number of anilines is 3. The van der Waals surface area contributed by atoms with Gasteiger partial charge in [0.2, 0.25) is 0 Å². The molecule has 1 aliphatic rings. The van der Waals surface area contributed by atoms with Crippen molar-refractivity contribution in [2.24, 2.45) is 5.92 Å². The molecular formula is C22H30N4O. The van der Waals surface area contributed by atoms with Crippen molar-refractivity contribution in [3.63, 3.8) is 0 Å². The highest BCUT2D eigenvalue weighted by Gasteiger charge is 2.16. The Kier molecular flexibility index (Phi) is 6.32. The molecular weight excluding hydrogens is 336 g/mol. The van der Waals surface area contributed by atoms with Gasteiger partial charge in [-0.2, -0.15) is 0 Å². The number of carbonyl (C=O) groups excluding carboxylic acids is 1. The van der Waals surface area contributed by atoms with Gasteiger partial charge in [0.15, 0.2) is 0 Å². The van der Waals surface area contributed by atoms with Gasteiger partial charge in [0.05, 0.1) is 5.56 Å². The monoisotopic (exact) mass is 366 g/mol. The molecule has 5 heteroatoms. The molecule has 0 aliphatic carbocycles. The number of rotatable bonds is 6. The Hall–Kier alpha value is -2.56. The SMILES string of the molecule is CCN(CC)c1ccc(C(=O)Nc2ccc(N3CCC(C)CC3)cc2)cn1. The third kappa shape index (κ3) is 4.79. The Bertz CT molecular complexity index is 730. The molecule has 5 nitrogen and oxygen atoms in total. The highest BCUT2D eigenvalue weighted by atomic mass is 16.1. The maximum absolute atomic E-state index is 12.5. The maximum atomic E-state index is 12.5. The molecule has 1 aromatic heterocycles. The molecule has 2 heterocycles. The lowest BCUT2D eigenvalue weighted by atomic mass is 9.99. The molecule has 144 valence electrons. The van der Waals surface area contributed by atoms with Crippen LogP contribution in [0.3, 0.4) is 0 Å². The van der Waals surface area contributed by atoms with E-state index < -0.39 is 0 Å². The zero-order valence-electron chi connectivity index (χ0n) is 16.6. The molecule has 1 aromatic carbocycles. The summed E-state index contributed by atoms with van der Waals surface area (Å²) in [5.41, 5.74) is 2.60. The molecule has 0 spiro atoms. The Morgan fingerprint density at radius 1 is 1.11 bits per heavy atom. The molecule has 0 radical (unpaired) electrons. The minimum atomic E-state index is -0.131. The second kappa shape index (κ2) is 8.89. The zero-order valence-corrected chi connectivity index (χ0v) is 16.6. The summed E-state index contributed by atoms with van der Waals surface area (Å²) in [6, 6.07) is 11.9. The average Bonchev–Trinajstić information content (AvgIpc) is 2.71. The first-order valence-corrected chi connectivity index (χ1v) is 9.98. The Balaban J connectivity index is 1.60. The molecule has 1 saturated heterocycles. The number of hydrogen-bond acceptors (Lipinski definition) is 4. The first-order chi connectivity index (χ1) is 13.1. The van der Waals surface area contributed by atoms with Crippen molar-refractivity contribution in [1.29, 1.82) is 0 Å². The van der Waals surface area contributed by atoms with E-state index in [9.17, 15) is 4.79 Å². The van der Waals surface area contributed by atoms with E-state index in [0.717, 1.165) is 43.6 Å². The molecule has 1 aliphatic heterocycles. The molecule has 1 fully saturated rings. The van der Waals surface area contributed by atoms with Crippen LogP contribution in [0.25, 0.3) is 0 Å². The van der Waals surface area contributed by atoms with Crippen LogP contribution in [-0.2, 0) is 0 Å². The standard InChI is InChI=1S/C22H30N4O/c1-4-25(5-2)21-11-6-18(16-23-21)22(27)24-19-7-9-20(10-8-19)26-14-12-17(3)13-15-26/h6-11,16-17H,4-5,12-15H2,1-3H3,(H,24,27). The number of benzene rings is 1. The Labute approximate surface area is 162 Å². The first-order valence-electron chi connectivity index (χ1n) is 9.98. The molecule has 0 unspecified atom stereocenters. The van der Waals surface area contributed by atoms with Gasteiger partial charge in [-0.25, -0.2) is 4.98 Å².